The van der Waals surface area contributed by atoms with Gasteiger partial charge >= 0.3 is 0 Å². The summed E-state index contributed by atoms with van der Waals surface area (Å²) in [7, 11) is 0. The highest BCUT2D eigenvalue weighted by Crippen LogP contribution is 2.57. The van der Waals surface area contributed by atoms with Gasteiger partial charge in [0.2, 0.25) is 0 Å². The second kappa shape index (κ2) is 14.1. The van der Waals surface area contributed by atoms with E-state index in [-0.39, 0.29) is 16.7 Å². The molecule has 0 aliphatic heterocycles. The van der Waals surface area contributed by atoms with Crippen molar-refractivity contribution in [2.75, 3.05) is 0 Å². The Balaban J connectivity index is 0.957. The molecule has 1 heteroatoms. The highest BCUT2D eigenvalue weighted by atomic mass is 16.5. The fraction of sp³-hybridized carbons (Fsp3) is 0.133. The first kappa shape index (κ1) is 37.1. The standard InChI is InChI=1S/C60H48O/c1-59(2,3)45-30-26-39(27-31-45)38-22-24-40(25-23-38)52-36-44-18-12-20-50-55(44)56-48(52)19-13-21-51(56)58-57(50)49-35-34-47(37-53(49)60(58,4)5)61-46-32-28-43(29-33-46)54(41-14-8-6-9-15-41)42-16-10-7-11-17-42/h6-37,54H,1-5H3. The number of benzene rings is 10. The van der Waals surface area contributed by atoms with Crippen molar-refractivity contribution >= 4 is 32.3 Å². The highest BCUT2D eigenvalue weighted by molar-refractivity contribution is 6.31. The molecule has 0 saturated heterocycles. The fourth-order valence-electron chi connectivity index (χ4n) is 10.3. The highest BCUT2D eigenvalue weighted by Gasteiger charge is 2.39. The van der Waals surface area contributed by atoms with E-state index in [0.717, 1.165) is 11.5 Å². The Morgan fingerprint density at radius 2 is 1.00 bits per heavy atom. The van der Waals surface area contributed by atoms with Gasteiger partial charge in [0, 0.05) is 11.3 Å². The van der Waals surface area contributed by atoms with Crippen molar-refractivity contribution < 1.29 is 4.74 Å². The van der Waals surface area contributed by atoms with Crippen molar-refractivity contribution in [1.82, 2.24) is 0 Å². The van der Waals surface area contributed by atoms with E-state index in [0.29, 0.717) is 0 Å². The van der Waals surface area contributed by atoms with Crippen LogP contribution in [0.3, 0.4) is 0 Å². The summed E-state index contributed by atoms with van der Waals surface area (Å²) in [5, 5.41) is 7.93. The molecule has 0 amide bonds. The lowest BCUT2D eigenvalue weighted by Gasteiger charge is -2.25. The SMILES string of the molecule is CC(C)(C)c1ccc(-c2ccc(-c3cc4cccc5c6c(c7cccc3c7c45)C(C)(C)c3cc(Oc4ccc(C(c5ccccc5)c5ccccc5)cc4)ccc3-6)cc2)cc1. The Kier molecular flexibility index (Phi) is 8.55. The summed E-state index contributed by atoms with van der Waals surface area (Å²) in [5.41, 5.74) is 15.4. The van der Waals surface area contributed by atoms with Crippen LogP contribution < -0.4 is 4.74 Å². The summed E-state index contributed by atoms with van der Waals surface area (Å²) in [5.74, 6) is 1.83. The minimum Gasteiger partial charge on any atom is -0.457 e. The molecule has 0 heterocycles. The molecule has 0 atom stereocenters. The largest absolute Gasteiger partial charge is 0.457 e. The maximum atomic E-state index is 6.67. The number of hydrogen-bond donors (Lipinski definition) is 0. The summed E-state index contributed by atoms with van der Waals surface area (Å²) in [6.45, 7) is 11.6. The molecular formula is C60H48O. The Morgan fingerprint density at radius 3 is 1.66 bits per heavy atom. The van der Waals surface area contributed by atoms with E-state index in [1.165, 1.54) is 99.1 Å². The van der Waals surface area contributed by atoms with Crippen molar-refractivity contribution in [1.29, 1.82) is 0 Å². The Hall–Kier alpha value is -6.96. The van der Waals surface area contributed by atoms with Gasteiger partial charge in [-0.15, -0.1) is 0 Å². The molecule has 0 unspecified atom stereocenters. The van der Waals surface area contributed by atoms with Crippen LogP contribution in [-0.4, -0.2) is 0 Å². The minimum absolute atomic E-state index is 0.135. The van der Waals surface area contributed by atoms with Crippen LogP contribution in [0.15, 0.2) is 194 Å². The molecule has 61 heavy (non-hydrogen) atoms. The average Bonchev–Trinajstić information content (AvgIpc) is 3.53. The molecule has 0 N–H and O–H groups in total. The third kappa shape index (κ3) is 6.14. The van der Waals surface area contributed by atoms with E-state index in [1.807, 2.05) is 0 Å². The van der Waals surface area contributed by atoms with Gasteiger partial charge in [-0.25, -0.2) is 0 Å². The lowest BCUT2D eigenvalue weighted by molar-refractivity contribution is 0.480. The predicted octanol–water partition coefficient (Wildman–Crippen LogP) is 16.5. The van der Waals surface area contributed by atoms with Gasteiger partial charge in [-0.3, -0.25) is 0 Å². The number of fused-ring (bicyclic) bond motifs is 5. The third-order valence-electron chi connectivity index (χ3n) is 13.3. The van der Waals surface area contributed by atoms with Crippen LogP contribution in [0.5, 0.6) is 11.5 Å². The van der Waals surface area contributed by atoms with Crippen LogP contribution >= 0.6 is 0 Å². The molecule has 0 bridgehead atoms. The molecule has 0 fully saturated rings. The Bertz CT molecular complexity index is 3180. The second-order valence-electron chi connectivity index (χ2n) is 18.5. The van der Waals surface area contributed by atoms with Crippen LogP contribution in [0.25, 0.3) is 65.7 Å². The Morgan fingerprint density at radius 1 is 0.443 bits per heavy atom. The van der Waals surface area contributed by atoms with Gasteiger partial charge in [-0.2, -0.15) is 0 Å². The molecule has 294 valence electrons. The van der Waals surface area contributed by atoms with Gasteiger partial charge in [-0.1, -0.05) is 198 Å². The van der Waals surface area contributed by atoms with Crippen LogP contribution in [0, 0.1) is 0 Å². The smallest absolute Gasteiger partial charge is 0.127 e. The number of ether oxygens (including phenoxy) is 1. The zero-order chi connectivity index (χ0) is 41.5. The second-order valence-corrected chi connectivity index (χ2v) is 18.5. The Labute approximate surface area is 359 Å². The van der Waals surface area contributed by atoms with Crippen molar-refractivity contribution in [3.63, 3.8) is 0 Å². The van der Waals surface area contributed by atoms with Gasteiger partial charge in [0.1, 0.15) is 11.5 Å². The van der Waals surface area contributed by atoms with Gasteiger partial charge < -0.3 is 4.74 Å². The molecule has 0 radical (unpaired) electrons. The van der Waals surface area contributed by atoms with Gasteiger partial charge in [-0.05, 0) is 135 Å². The van der Waals surface area contributed by atoms with Crippen LogP contribution in [-0.2, 0) is 10.8 Å². The van der Waals surface area contributed by atoms with E-state index >= 15 is 0 Å². The molecule has 1 aliphatic carbocycles. The summed E-state index contributed by atoms with van der Waals surface area (Å²) < 4.78 is 6.67. The van der Waals surface area contributed by atoms with Crippen molar-refractivity contribution in [2.24, 2.45) is 0 Å². The van der Waals surface area contributed by atoms with Gasteiger partial charge in [0.25, 0.3) is 0 Å². The molecule has 1 nitrogen and oxygen atoms in total. The van der Waals surface area contributed by atoms with Crippen molar-refractivity contribution in [3.05, 3.63) is 228 Å². The van der Waals surface area contributed by atoms with Crippen molar-refractivity contribution in [3.8, 4) is 44.9 Å². The summed E-state index contributed by atoms with van der Waals surface area (Å²) in [6, 6.07) is 71.3. The monoisotopic (exact) mass is 784 g/mol. The van der Waals surface area contributed by atoms with Gasteiger partial charge in [0.05, 0.1) is 0 Å². The summed E-state index contributed by atoms with van der Waals surface area (Å²) >= 11 is 0. The van der Waals surface area contributed by atoms with E-state index in [4.69, 9.17) is 4.74 Å². The first-order valence-electron chi connectivity index (χ1n) is 21.6. The van der Waals surface area contributed by atoms with E-state index in [9.17, 15) is 0 Å². The normalized spacial score (nSPS) is 13.3. The third-order valence-corrected chi connectivity index (χ3v) is 13.3. The predicted molar refractivity (Wildman–Crippen MR) is 258 cm³/mol. The quantitative estimate of drug-likeness (QED) is 0.116. The number of rotatable bonds is 7. The molecule has 0 aromatic heterocycles. The summed E-state index contributed by atoms with van der Waals surface area (Å²) in [4.78, 5) is 0. The molecule has 0 spiro atoms. The molecule has 0 saturated carbocycles. The molecule has 10 aromatic rings. The van der Waals surface area contributed by atoms with E-state index in [2.05, 4.69) is 229 Å². The van der Waals surface area contributed by atoms with Crippen LogP contribution in [0.4, 0.5) is 0 Å². The lowest BCUT2D eigenvalue weighted by Crippen LogP contribution is -2.15. The summed E-state index contributed by atoms with van der Waals surface area (Å²) in [6.07, 6.45) is 0. The zero-order valence-corrected chi connectivity index (χ0v) is 35.5. The number of hydrogen-bond acceptors (Lipinski definition) is 1. The molecule has 1 aliphatic rings. The van der Waals surface area contributed by atoms with Crippen LogP contribution in [0.1, 0.15) is 73.9 Å². The van der Waals surface area contributed by atoms with Gasteiger partial charge in [0.15, 0.2) is 0 Å². The first-order valence-corrected chi connectivity index (χ1v) is 21.6. The maximum absolute atomic E-state index is 6.67. The topological polar surface area (TPSA) is 9.23 Å². The zero-order valence-electron chi connectivity index (χ0n) is 35.5. The fourth-order valence-corrected chi connectivity index (χ4v) is 10.3. The lowest BCUT2D eigenvalue weighted by atomic mass is 9.77. The minimum atomic E-state index is -0.249. The van der Waals surface area contributed by atoms with E-state index < -0.39 is 0 Å². The first-order chi connectivity index (χ1) is 29.6. The molecular weight excluding hydrogens is 737 g/mol. The van der Waals surface area contributed by atoms with Crippen LogP contribution in [0.2, 0.25) is 0 Å². The molecule has 11 rings (SSSR count). The maximum Gasteiger partial charge on any atom is 0.127 e. The molecule has 10 aromatic carbocycles. The average molecular weight is 785 g/mol. The van der Waals surface area contributed by atoms with E-state index in [1.54, 1.807) is 0 Å². The van der Waals surface area contributed by atoms with Crippen molar-refractivity contribution in [2.45, 2.75) is 51.4 Å².